The van der Waals surface area contributed by atoms with Gasteiger partial charge in [-0.2, -0.15) is 0 Å². The van der Waals surface area contributed by atoms with Crippen LogP contribution in [0.2, 0.25) is 0 Å². The maximum Gasteiger partial charge on any atom is 0.118 e. The third kappa shape index (κ3) is 5.44. The van der Waals surface area contributed by atoms with Gasteiger partial charge >= 0.3 is 0 Å². The summed E-state index contributed by atoms with van der Waals surface area (Å²) in [6.45, 7) is 9.34. The third-order valence-electron chi connectivity index (χ3n) is 4.66. The van der Waals surface area contributed by atoms with Crippen molar-refractivity contribution in [2.24, 2.45) is 0 Å². The number of benzene rings is 1. The predicted octanol–water partition coefficient (Wildman–Crippen LogP) is 4.85. The number of methoxy groups -OCH3 is 1. The lowest BCUT2D eigenvalue weighted by molar-refractivity contribution is 0.247. The summed E-state index contributed by atoms with van der Waals surface area (Å²) in [5.41, 5.74) is 3.98. The highest BCUT2D eigenvalue weighted by molar-refractivity contribution is 5.27. The number of rotatable bonds is 7. The highest BCUT2D eigenvalue weighted by Crippen LogP contribution is 2.19. The van der Waals surface area contributed by atoms with Gasteiger partial charge in [-0.25, -0.2) is 0 Å². The summed E-state index contributed by atoms with van der Waals surface area (Å²) >= 11 is 0. The minimum Gasteiger partial charge on any atom is -0.497 e. The van der Waals surface area contributed by atoms with E-state index in [1.54, 1.807) is 7.11 Å². The molecule has 0 aliphatic heterocycles. The maximum absolute atomic E-state index is 5.28. The average molecular weight is 364 g/mol. The first-order chi connectivity index (χ1) is 12.9. The van der Waals surface area contributed by atoms with Crippen LogP contribution in [0.3, 0.4) is 0 Å². The molecule has 1 aromatic carbocycles. The van der Waals surface area contributed by atoms with Gasteiger partial charge in [0.25, 0.3) is 0 Å². The van der Waals surface area contributed by atoms with Crippen molar-refractivity contribution in [2.45, 2.75) is 45.9 Å². The molecule has 0 amide bonds. The molecule has 0 N–H and O–H groups in total. The van der Waals surface area contributed by atoms with Gasteiger partial charge in [0.2, 0.25) is 0 Å². The first-order valence-corrected chi connectivity index (χ1v) is 9.35. The molecule has 0 bridgehead atoms. The van der Waals surface area contributed by atoms with E-state index in [0.29, 0.717) is 0 Å². The Bertz CT molecular complexity index is 832. The number of hydrogen-bond acceptors (Lipinski definition) is 3. The number of hydrogen-bond donors (Lipinski definition) is 0. The molecule has 0 fully saturated rings. The summed E-state index contributed by atoms with van der Waals surface area (Å²) in [5, 5.41) is 0. The van der Waals surface area contributed by atoms with Crippen LogP contribution in [0.4, 0.5) is 0 Å². The molecule has 0 spiro atoms. The topological polar surface area (TPSA) is 30.3 Å². The predicted molar refractivity (Wildman–Crippen MR) is 110 cm³/mol. The average Bonchev–Trinajstić information content (AvgIpc) is 3.12. The molecule has 0 aliphatic carbocycles. The van der Waals surface area contributed by atoms with E-state index in [1.165, 1.54) is 16.7 Å². The van der Waals surface area contributed by atoms with E-state index in [0.717, 1.165) is 25.4 Å². The van der Waals surface area contributed by atoms with Crippen molar-refractivity contribution in [1.29, 1.82) is 0 Å². The Labute approximate surface area is 162 Å². The number of nitrogens with zero attached hydrogens (tertiary/aromatic N) is 3. The number of aromatic nitrogens is 2. The second-order valence-electron chi connectivity index (χ2n) is 7.95. The summed E-state index contributed by atoms with van der Waals surface area (Å²) in [4.78, 5) is 6.59. The van der Waals surface area contributed by atoms with E-state index in [4.69, 9.17) is 4.74 Å². The van der Waals surface area contributed by atoms with Crippen molar-refractivity contribution in [3.05, 3.63) is 83.9 Å². The zero-order valence-corrected chi connectivity index (χ0v) is 16.7. The summed E-state index contributed by atoms with van der Waals surface area (Å²) < 4.78 is 7.55. The van der Waals surface area contributed by atoms with E-state index in [-0.39, 0.29) is 5.54 Å². The first-order valence-electron chi connectivity index (χ1n) is 9.35. The summed E-state index contributed by atoms with van der Waals surface area (Å²) in [6, 6.07) is 14.7. The molecule has 0 saturated carbocycles. The highest BCUT2D eigenvalue weighted by atomic mass is 16.5. The molecule has 3 aromatic rings. The Morgan fingerprint density at radius 1 is 0.852 bits per heavy atom. The summed E-state index contributed by atoms with van der Waals surface area (Å²) in [6.07, 6.45) is 8.15. The molecular weight excluding hydrogens is 334 g/mol. The Morgan fingerprint density at radius 3 is 2.00 bits per heavy atom. The number of ether oxygens (including phenoxy) is 1. The molecule has 27 heavy (non-hydrogen) atoms. The van der Waals surface area contributed by atoms with Crippen LogP contribution in [0.15, 0.2) is 67.3 Å². The minimum absolute atomic E-state index is 0.101. The van der Waals surface area contributed by atoms with Crippen LogP contribution in [0.1, 0.15) is 37.5 Å². The van der Waals surface area contributed by atoms with Gasteiger partial charge in [-0.3, -0.25) is 9.88 Å². The lowest BCUT2D eigenvalue weighted by atomic mass is 10.1. The Kier molecular flexibility index (Phi) is 5.97. The van der Waals surface area contributed by atoms with Crippen molar-refractivity contribution in [1.82, 2.24) is 14.5 Å². The van der Waals surface area contributed by atoms with Crippen molar-refractivity contribution < 1.29 is 4.74 Å². The Hall–Kier alpha value is -2.59. The van der Waals surface area contributed by atoms with Crippen molar-refractivity contribution in [3.8, 4) is 5.75 Å². The van der Waals surface area contributed by atoms with Crippen LogP contribution in [-0.2, 0) is 25.2 Å². The van der Waals surface area contributed by atoms with Crippen LogP contribution in [0, 0.1) is 0 Å². The zero-order valence-electron chi connectivity index (χ0n) is 16.7. The molecule has 0 radical (unpaired) electrons. The lowest BCUT2D eigenvalue weighted by Crippen LogP contribution is -2.23. The molecule has 2 aromatic heterocycles. The fourth-order valence-electron chi connectivity index (χ4n) is 3.11. The van der Waals surface area contributed by atoms with Gasteiger partial charge in [0, 0.05) is 50.0 Å². The monoisotopic (exact) mass is 363 g/mol. The quantitative estimate of drug-likeness (QED) is 0.601. The number of pyridine rings is 1. The van der Waals surface area contributed by atoms with Gasteiger partial charge in [-0.1, -0.05) is 12.1 Å². The van der Waals surface area contributed by atoms with Gasteiger partial charge < -0.3 is 9.30 Å². The maximum atomic E-state index is 5.28. The molecule has 0 atom stereocenters. The second-order valence-corrected chi connectivity index (χ2v) is 7.95. The van der Waals surface area contributed by atoms with E-state index < -0.39 is 0 Å². The van der Waals surface area contributed by atoms with Gasteiger partial charge in [-0.05, 0) is 67.8 Å². The second kappa shape index (κ2) is 8.40. The molecule has 142 valence electrons. The molecule has 3 rings (SSSR count). The fourth-order valence-corrected chi connectivity index (χ4v) is 3.11. The molecular formula is C23H29N3O. The zero-order chi connectivity index (χ0) is 19.3. The summed E-state index contributed by atoms with van der Waals surface area (Å²) in [5.74, 6) is 0.890. The van der Waals surface area contributed by atoms with Crippen LogP contribution >= 0.6 is 0 Å². The van der Waals surface area contributed by atoms with Crippen LogP contribution in [-0.4, -0.2) is 21.6 Å². The first kappa shape index (κ1) is 19.2. The molecule has 2 heterocycles. The standard InChI is InChI=1S/C23H29N3O/c1-23(2,3)26-14-11-21(18-26)17-25(16-20-9-12-24-13-10-20)15-19-5-7-22(27-4)8-6-19/h5-14,18H,15-17H2,1-4H3. The smallest absolute Gasteiger partial charge is 0.118 e. The molecule has 4 nitrogen and oxygen atoms in total. The van der Waals surface area contributed by atoms with Gasteiger partial charge in [0.15, 0.2) is 0 Å². The van der Waals surface area contributed by atoms with Crippen LogP contribution < -0.4 is 4.74 Å². The van der Waals surface area contributed by atoms with E-state index in [2.05, 4.69) is 77.9 Å². The van der Waals surface area contributed by atoms with Crippen LogP contribution in [0.5, 0.6) is 5.75 Å². The van der Waals surface area contributed by atoms with Gasteiger partial charge in [0.05, 0.1) is 7.11 Å². The van der Waals surface area contributed by atoms with Gasteiger partial charge in [0.1, 0.15) is 5.75 Å². The lowest BCUT2D eigenvalue weighted by Gasteiger charge is -2.23. The molecule has 0 unspecified atom stereocenters. The van der Waals surface area contributed by atoms with Gasteiger partial charge in [-0.15, -0.1) is 0 Å². The molecule has 0 aliphatic rings. The van der Waals surface area contributed by atoms with Crippen molar-refractivity contribution >= 4 is 0 Å². The molecule has 0 saturated heterocycles. The Morgan fingerprint density at radius 2 is 1.44 bits per heavy atom. The van der Waals surface area contributed by atoms with Crippen molar-refractivity contribution in [3.63, 3.8) is 0 Å². The fraction of sp³-hybridized carbons (Fsp3) is 0.348. The minimum atomic E-state index is 0.101. The normalized spacial score (nSPS) is 11.7. The SMILES string of the molecule is COc1ccc(CN(Cc2ccncc2)Cc2ccn(C(C)(C)C)c2)cc1. The van der Waals surface area contributed by atoms with Crippen molar-refractivity contribution in [2.75, 3.05) is 7.11 Å². The van der Waals surface area contributed by atoms with E-state index >= 15 is 0 Å². The highest BCUT2D eigenvalue weighted by Gasteiger charge is 2.14. The van der Waals surface area contributed by atoms with E-state index in [1.807, 2.05) is 24.5 Å². The molecule has 4 heteroatoms. The third-order valence-corrected chi connectivity index (χ3v) is 4.66. The van der Waals surface area contributed by atoms with Crippen LogP contribution in [0.25, 0.3) is 0 Å². The van der Waals surface area contributed by atoms with E-state index in [9.17, 15) is 0 Å². The summed E-state index contributed by atoms with van der Waals surface area (Å²) in [7, 11) is 1.70. The Balaban J connectivity index is 1.77. The largest absolute Gasteiger partial charge is 0.497 e.